The summed E-state index contributed by atoms with van der Waals surface area (Å²) in [4.78, 5) is 27.7. The number of aryl methyl sites for hydroxylation is 2. The van der Waals surface area contributed by atoms with E-state index in [1.54, 1.807) is 0 Å². The lowest BCUT2D eigenvalue weighted by atomic mass is 9.75. The van der Waals surface area contributed by atoms with Gasteiger partial charge in [0.1, 0.15) is 5.60 Å². The fraction of sp³-hybridized carbons (Fsp3) is 0.636. The van der Waals surface area contributed by atoms with Gasteiger partial charge in [-0.3, -0.25) is 4.79 Å². The summed E-state index contributed by atoms with van der Waals surface area (Å²) < 4.78 is 5.63. The van der Waals surface area contributed by atoms with Gasteiger partial charge in [0, 0.05) is 23.6 Å². The fourth-order valence-corrected chi connectivity index (χ4v) is 4.56. The molecule has 2 fully saturated rings. The zero-order valence-corrected chi connectivity index (χ0v) is 16.7. The van der Waals surface area contributed by atoms with E-state index >= 15 is 0 Å². The van der Waals surface area contributed by atoms with Crippen molar-refractivity contribution in [3.8, 4) is 0 Å². The number of amides is 1. The van der Waals surface area contributed by atoms with Crippen molar-refractivity contribution in [2.45, 2.75) is 84.4 Å². The van der Waals surface area contributed by atoms with Crippen molar-refractivity contribution in [1.29, 1.82) is 0 Å². The number of nitrogens with zero attached hydrogens (tertiary/aromatic N) is 1. The molecule has 2 aliphatic heterocycles. The van der Waals surface area contributed by atoms with Crippen molar-refractivity contribution in [3.63, 3.8) is 0 Å². The van der Waals surface area contributed by atoms with E-state index in [4.69, 9.17) is 4.74 Å². The van der Waals surface area contributed by atoms with Crippen LogP contribution in [0.5, 0.6) is 0 Å². The molecule has 2 heterocycles. The van der Waals surface area contributed by atoms with Crippen LogP contribution >= 0.6 is 0 Å². The molecule has 0 aromatic heterocycles. The first-order chi connectivity index (χ1) is 12.1. The number of fused-ring (bicyclic) bond motifs is 2. The maximum Gasteiger partial charge on any atom is 0.410 e. The molecule has 0 aliphatic carbocycles. The molecule has 142 valence electrons. The highest BCUT2D eigenvalue weighted by atomic mass is 16.6. The third-order valence-electron chi connectivity index (χ3n) is 5.46. The van der Waals surface area contributed by atoms with Crippen LogP contribution in [0.25, 0.3) is 0 Å². The number of ether oxygens (including phenoxy) is 1. The van der Waals surface area contributed by atoms with Gasteiger partial charge in [0.2, 0.25) is 0 Å². The SMILES string of the molecule is Cc1cc(C)cc(C(=O)C2CC3CCCC(C2)N3C(=O)OC(C)(C)C)c1. The number of rotatable bonds is 2. The van der Waals surface area contributed by atoms with E-state index in [9.17, 15) is 9.59 Å². The molecule has 2 bridgehead atoms. The Morgan fingerprint density at radius 2 is 1.54 bits per heavy atom. The minimum absolute atomic E-state index is 0.00480. The van der Waals surface area contributed by atoms with Crippen LogP contribution in [0.15, 0.2) is 18.2 Å². The van der Waals surface area contributed by atoms with E-state index in [1.165, 1.54) is 0 Å². The summed E-state index contributed by atoms with van der Waals surface area (Å²) in [6.07, 6.45) is 4.34. The van der Waals surface area contributed by atoms with Gasteiger partial charge in [-0.2, -0.15) is 0 Å². The fourth-order valence-electron chi connectivity index (χ4n) is 4.56. The third-order valence-corrected chi connectivity index (χ3v) is 5.46. The average molecular weight is 357 g/mol. The molecular formula is C22H31NO3. The van der Waals surface area contributed by atoms with E-state index in [0.29, 0.717) is 0 Å². The van der Waals surface area contributed by atoms with Gasteiger partial charge in [-0.15, -0.1) is 0 Å². The number of hydrogen-bond donors (Lipinski definition) is 0. The predicted molar refractivity (Wildman–Crippen MR) is 102 cm³/mol. The Kier molecular flexibility index (Phi) is 5.14. The summed E-state index contributed by atoms with van der Waals surface area (Å²) in [6.45, 7) is 9.76. The Hall–Kier alpha value is -1.84. The summed E-state index contributed by atoms with van der Waals surface area (Å²) in [6, 6.07) is 6.32. The summed E-state index contributed by atoms with van der Waals surface area (Å²) >= 11 is 0. The van der Waals surface area contributed by atoms with E-state index in [1.807, 2.05) is 51.7 Å². The van der Waals surface area contributed by atoms with Crippen LogP contribution in [0.2, 0.25) is 0 Å². The van der Waals surface area contributed by atoms with Crippen LogP contribution in [0, 0.1) is 19.8 Å². The first kappa shape index (κ1) is 18.9. The molecule has 2 atom stereocenters. The van der Waals surface area contributed by atoms with Gasteiger partial charge in [-0.1, -0.05) is 17.2 Å². The molecule has 0 N–H and O–H groups in total. The molecule has 0 radical (unpaired) electrons. The summed E-state index contributed by atoms with van der Waals surface area (Å²) in [7, 11) is 0. The van der Waals surface area contributed by atoms with Crippen LogP contribution in [0.3, 0.4) is 0 Å². The smallest absolute Gasteiger partial charge is 0.410 e. The van der Waals surface area contributed by atoms with Gasteiger partial charge < -0.3 is 9.64 Å². The Labute approximate surface area is 156 Å². The van der Waals surface area contributed by atoms with E-state index < -0.39 is 5.60 Å². The molecule has 26 heavy (non-hydrogen) atoms. The molecule has 2 unspecified atom stereocenters. The van der Waals surface area contributed by atoms with Crippen LogP contribution < -0.4 is 0 Å². The van der Waals surface area contributed by atoms with Gasteiger partial charge >= 0.3 is 6.09 Å². The maximum absolute atomic E-state index is 13.1. The van der Waals surface area contributed by atoms with Gasteiger partial charge in [0.05, 0.1) is 0 Å². The van der Waals surface area contributed by atoms with Crippen LogP contribution in [0.1, 0.15) is 74.4 Å². The Balaban J connectivity index is 1.77. The summed E-state index contributed by atoms with van der Waals surface area (Å²) in [5.74, 6) is 0.239. The van der Waals surface area contributed by atoms with Crippen LogP contribution in [0.4, 0.5) is 4.79 Å². The van der Waals surface area contributed by atoms with E-state index in [2.05, 4.69) is 6.07 Å². The highest BCUT2D eigenvalue weighted by molar-refractivity contribution is 5.98. The molecule has 4 heteroatoms. The summed E-state index contributed by atoms with van der Waals surface area (Å²) in [5, 5.41) is 0. The molecule has 1 aromatic rings. The average Bonchev–Trinajstić information content (AvgIpc) is 2.50. The first-order valence-electron chi connectivity index (χ1n) is 9.78. The molecule has 1 aromatic carbocycles. The van der Waals surface area contributed by atoms with Crippen LogP contribution in [-0.4, -0.2) is 34.5 Å². The lowest BCUT2D eigenvalue weighted by molar-refractivity contribution is -0.0260. The Morgan fingerprint density at radius 3 is 2.04 bits per heavy atom. The maximum atomic E-state index is 13.1. The zero-order chi connectivity index (χ0) is 19.1. The normalized spacial score (nSPS) is 25.7. The quantitative estimate of drug-likeness (QED) is 0.696. The number of benzene rings is 1. The van der Waals surface area contributed by atoms with E-state index in [0.717, 1.165) is 48.8 Å². The number of Topliss-reactive ketones (excluding diaryl/α,β-unsaturated/α-hetero) is 1. The topological polar surface area (TPSA) is 46.6 Å². The van der Waals surface area contributed by atoms with Crippen molar-refractivity contribution in [2.24, 2.45) is 5.92 Å². The Morgan fingerprint density at radius 1 is 1.00 bits per heavy atom. The lowest BCUT2D eigenvalue weighted by Gasteiger charge is -2.48. The van der Waals surface area contributed by atoms with Gasteiger partial charge in [-0.05, 0) is 78.9 Å². The molecule has 1 amide bonds. The molecule has 0 spiro atoms. The standard InChI is InChI=1S/C22H31NO3/c1-14-9-15(2)11-16(10-14)20(24)17-12-18-7-6-8-19(13-17)23(18)21(25)26-22(3,4)5/h9-11,17-19H,6-8,12-13H2,1-5H3. The number of carbonyl (C=O) groups is 2. The van der Waals surface area contributed by atoms with Gasteiger partial charge in [0.25, 0.3) is 0 Å². The number of ketones is 1. The first-order valence-corrected chi connectivity index (χ1v) is 9.78. The molecule has 2 aliphatic rings. The second-order valence-corrected chi connectivity index (χ2v) is 9.04. The summed E-state index contributed by atoms with van der Waals surface area (Å²) in [5.41, 5.74) is 2.58. The second-order valence-electron chi connectivity index (χ2n) is 9.04. The highest BCUT2D eigenvalue weighted by Crippen LogP contribution is 2.39. The Bertz CT molecular complexity index is 670. The molecule has 2 saturated heterocycles. The molecule has 3 rings (SSSR count). The van der Waals surface area contributed by atoms with Crippen molar-refractivity contribution >= 4 is 11.9 Å². The van der Waals surface area contributed by atoms with Gasteiger partial charge in [-0.25, -0.2) is 4.79 Å². The zero-order valence-electron chi connectivity index (χ0n) is 16.7. The highest BCUT2D eigenvalue weighted by Gasteiger charge is 2.44. The van der Waals surface area contributed by atoms with Gasteiger partial charge in [0.15, 0.2) is 5.78 Å². The van der Waals surface area contributed by atoms with Crippen LogP contribution in [-0.2, 0) is 4.74 Å². The predicted octanol–water partition coefficient (Wildman–Crippen LogP) is 5.05. The van der Waals surface area contributed by atoms with Crippen molar-refractivity contribution in [3.05, 3.63) is 34.9 Å². The monoisotopic (exact) mass is 357 g/mol. The number of piperidine rings is 2. The van der Waals surface area contributed by atoms with Crippen molar-refractivity contribution in [1.82, 2.24) is 4.90 Å². The second kappa shape index (κ2) is 7.05. The van der Waals surface area contributed by atoms with Crippen molar-refractivity contribution < 1.29 is 14.3 Å². The minimum atomic E-state index is -0.489. The third kappa shape index (κ3) is 4.11. The molecular weight excluding hydrogens is 326 g/mol. The largest absolute Gasteiger partial charge is 0.444 e. The molecule has 4 nitrogen and oxygen atoms in total. The molecule has 0 saturated carbocycles. The van der Waals surface area contributed by atoms with Crippen molar-refractivity contribution in [2.75, 3.05) is 0 Å². The van der Waals surface area contributed by atoms with E-state index in [-0.39, 0.29) is 29.9 Å². The number of carbonyl (C=O) groups excluding carboxylic acids is 2. The lowest BCUT2D eigenvalue weighted by Crippen LogP contribution is -2.56. The number of hydrogen-bond acceptors (Lipinski definition) is 3. The minimum Gasteiger partial charge on any atom is -0.444 e.